The van der Waals surface area contributed by atoms with Gasteiger partial charge in [0.15, 0.2) is 0 Å². The highest BCUT2D eigenvalue weighted by Gasteiger charge is 2.31. The molecule has 2 heterocycles. The average molecular weight is 359 g/mol. The van der Waals surface area contributed by atoms with Crippen LogP contribution in [0.4, 0.5) is 0 Å². The summed E-state index contributed by atoms with van der Waals surface area (Å²) in [6.45, 7) is 4.67. The number of aromatic nitrogens is 1. The lowest BCUT2D eigenvalue weighted by Gasteiger charge is -2.36. The summed E-state index contributed by atoms with van der Waals surface area (Å²) < 4.78 is 4.85. The van der Waals surface area contributed by atoms with Crippen LogP contribution in [0.2, 0.25) is 0 Å². The fraction of sp³-hybridized carbons (Fsp3) is 0.474. The molecule has 2 atom stereocenters. The average Bonchev–Trinajstić information content (AvgIpc) is 2.91. The number of rotatable bonds is 4. The number of nitrogens with one attached hydrogen (secondary N) is 2. The van der Waals surface area contributed by atoms with E-state index in [9.17, 15) is 14.7 Å². The number of methoxy groups -OCH3 is 1. The number of aliphatic hydroxyl groups excluding tert-OH is 1. The Morgan fingerprint density at radius 1 is 1.38 bits per heavy atom. The molecule has 26 heavy (non-hydrogen) atoms. The van der Waals surface area contributed by atoms with Crippen molar-refractivity contribution in [1.82, 2.24) is 15.2 Å². The minimum Gasteiger partial charge on any atom is -0.389 e. The quantitative estimate of drug-likeness (QED) is 0.762. The van der Waals surface area contributed by atoms with Gasteiger partial charge in [-0.1, -0.05) is 12.1 Å². The van der Waals surface area contributed by atoms with Crippen molar-refractivity contribution in [3.63, 3.8) is 0 Å². The van der Waals surface area contributed by atoms with Crippen LogP contribution in [0.25, 0.3) is 10.9 Å². The molecule has 1 aromatic heterocycles. The Morgan fingerprint density at radius 2 is 2.15 bits per heavy atom. The Morgan fingerprint density at radius 3 is 2.85 bits per heavy atom. The van der Waals surface area contributed by atoms with Crippen molar-refractivity contribution in [2.75, 3.05) is 26.8 Å². The molecule has 1 fully saturated rings. The molecule has 0 saturated carbocycles. The Balaban J connectivity index is 1.71. The van der Waals surface area contributed by atoms with Gasteiger partial charge >= 0.3 is 0 Å². The highest BCUT2D eigenvalue weighted by molar-refractivity contribution is 6.06. The lowest BCUT2D eigenvalue weighted by atomic mass is 10.0. The van der Waals surface area contributed by atoms with E-state index in [4.69, 9.17) is 4.74 Å². The number of H-pyrrole nitrogens is 1. The zero-order chi connectivity index (χ0) is 18.8. The van der Waals surface area contributed by atoms with Gasteiger partial charge in [0, 0.05) is 31.3 Å². The Kier molecular flexibility index (Phi) is 5.29. The number of fused-ring (bicyclic) bond motifs is 1. The summed E-state index contributed by atoms with van der Waals surface area (Å²) in [5.74, 6) is -0.379. The predicted octanol–water partition coefficient (Wildman–Crippen LogP) is 1.12. The first-order valence-electron chi connectivity index (χ1n) is 8.76. The second-order valence-corrected chi connectivity index (χ2v) is 6.81. The van der Waals surface area contributed by atoms with E-state index >= 15 is 0 Å². The first-order valence-corrected chi connectivity index (χ1v) is 8.76. The number of hydrogen-bond acceptors (Lipinski definition) is 4. The second-order valence-electron chi connectivity index (χ2n) is 6.81. The summed E-state index contributed by atoms with van der Waals surface area (Å²) in [4.78, 5) is 29.5. The van der Waals surface area contributed by atoms with Gasteiger partial charge in [0.2, 0.25) is 5.91 Å². The lowest BCUT2D eigenvalue weighted by Crippen LogP contribution is -2.55. The van der Waals surface area contributed by atoms with Crippen molar-refractivity contribution >= 4 is 22.7 Å². The van der Waals surface area contributed by atoms with E-state index in [1.54, 1.807) is 11.0 Å². The van der Waals surface area contributed by atoms with Crippen molar-refractivity contribution in [3.8, 4) is 0 Å². The molecule has 7 heteroatoms. The van der Waals surface area contributed by atoms with Crippen LogP contribution >= 0.6 is 0 Å². The molecule has 1 aromatic carbocycles. The second kappa shape index (κ2) is 7.47. The molecule has 1 aliphatic heterocycles. The third kappa shape index (κ3) is 3.45. The maximum atomic E-state index is 12.8. The summed E-state index contributed by atoms with van der Waals surface area (Å²) in [6.07, 6.45) is -0.305. The van der Waals surface area contributed by atoms with Crippen LogP contribution in [0.15, 0.2) is 18.2 Å². The van der Waals surface area contributed by atoms with Crippen molar-refractivity contribution in [1.29, 1.82) is 0 Å². The predicted molar refractivity (Wildman–Crippen MR) is 98.1 cm³/mol. The molecule has 0 radical (unpaired) electrons. The number of aryl methyl sites for hydroxylation is 2. The monoisotopic (exact) mass is 359 g/mol. The number of β-amino-alcohol motifs (C(OH)–C–C–N with tert-alkyl or cyclic N) is 1. The Bertz CT molecular complexity index is 830. The molecular weight excluding hydrogens is 334 g/mol. The number of aliphatic hydroxyl groups is 1. The number of para-hydroxylation sites is 1. The van der Waals surface area contributed by atoms with E-state index in [0.717, 1.165) is 22.2 Å². The van der Waals surface area contributed by atoms with Crippen LogP contribution in [0.5, 0.6) is 0 Å². The summed E-state index contributed by atoms with van der Waals surface area (Å²) in [5.41, 5.74) is 3.52. The molecule has 7 nitrogen and oxygen atoms in total. The van der Waals surface area contributed by atoms with Crippen LogP contribution in [0, 0.1) is 13.8 Å². The van der Waals surface area contributed by atoms with Crippen molar-refractivity contribution < 1.29 is 19.4 Å². The number of ether oxygens (including phenoxy) is 1. The normalized spacial score (nSPS) is 20.4. The van der Waals surface area contributed by atoms with Gasteiger partial charge in [0.1, 0.15) is 6.61 Å². The van der Waals surface area contributed by atoms with E-state index in [1.165, 1.54) is 7.11 Å². The lowest BCUT2D eigenvalue weighted by molar-refractivity contribution is -0.138. The first kappa shape index (κ1) is 18.4. The van der Waals surface area contributed by atoms with Gasteiger partial charge in [0.25, 0.3) is 5.91 Å². The van der Waals surface area contributed by atoms with Crippen LogP contribution in [0.3, 0.4) is 0 Å². The van der Waals surface area contributed by atoms with Crippen LogP contribution < -0.4 is 5.32 Å². The van der Waals surface area contributed by atoms with E-state index in [0.29, 0.717) is 18.5 Å². The molecule has 1 saturated heterocycles. The number of piperidine rings is 1. The molecule has 0 spiro atoms. The molecule has 3 N–H and O–H groups in total. The zero-order valence-electron chi connectivity index (χ0n) is 15.3. The number of aromatic amines is 1. The minimum atomic E-state index is -0.806. The smallest absolute Gasteiger partial charge is 0.253 e. The summed E-state index contributed by atoms with van der Waals surface area (Å²) >= 11 is 0. The van der Waals surface area contributed by atoms with Gasteiger partial charge in [-0.2, -0.15) is 0 Å². The van der Waals surface area contributed by atoms with Crippen LogP contribution in [-0.2, 0) is 9.53 Å². The number of likely N-dealkylation sites (tertiary alicyclic amines) is 1. The topological polar surface area (TPSA) is 94.7 Å². The fourth-order valence-electron chi connectivity index (χ4n) is 3.46. The molecule has 140 valence electrons. The SMILES string of the molecule is COCC(=O)N1CC[C@@H](NC(=O)c2cccc3c(C)c(C)[nH]c23)[C@H](O)C1. The molecule has 2 aromatic rings. The Labute approximate surface area is 152 Å². The largest absolute Gasteiger partial charge is 0.389 e. The van der Waals surface area contributed by atoms with Gasteiger partial charge in [-0.25, -0.2) is 0 Å². The molecule has 0 bridgehead atoms. The van der Waals surface area contributed by atoms with Crippen molar-refractivity contribution in [2.45, 2.75) is 32.4 Å². The van der Waals surface area contributed by atoms with Gasteiger partial charge in [-0.3, -0.25) is 9.59 Å². The third-order valence-corrected chi connectivity index (χ3v) is 5.11. The maximum absolute atomic E-state index is 12.8. The molecule has 0 aliphatic carbocycles. The third-order valence-electron chi connectivity index (χ3n) is 5.11. The van der Waals surface area contributed by atoms with Crippen LogP contribution in [0.1, 0.15) is 28.0 Å². The molecular formula is C19H25N3O4. The van der Waals surface area contributed by atoms with Gasteiger partial charge in [-0.15, -0.1) is 0 Å². The molecule has 2 amide bonds. The van der Waals surface area contributed by atoms with E-state index in [2.05, 4.69) is 10.3 Å². The van der Waals surface area contributed by atoms with Crippen molar-refractivity contribution in [2.24, 2.45) is 0 Å². The highest BCUT2D eigenvalue weighted by atomic mass is 16.5. The van der Waals surface area contributed by atoms with Gasteiger partial charge in [0.05, 0.1) is 23.2 Å². The molecule has 1 aliphatic rings. The van der Waals surface area contributed by atoms with Crippen LogP contribution in [-0.4, -0.2) is 65.8 Å². The number of amides is 2. The molecule has 0 unspecified atom stereocenters. The standard InChI is InChI=1S/C19H25N3O4/c1-11-12(2)20-18-13(11)5-4-6-14(18)19(25)21-15-7-8-22(9-16(15)23)17(24)10-26-3/h4-6,15-16,20,23H,7-10H2,1-3H3,(H,21,25)/t15-,16-/m1/s1. The minimum absolute atomic E-state index is 0.00271. The van der Waals surface area contributed by atoms with E-state index < -0.39 is 6.10 Å². The number of hydrogen-bond donors (Lipinski definition) is 3. The summed E-state index contributed by atoms with van der Waals surface area (Å²) in [7, 11) is 1.46. The first-order chi connectivity index (χ1) is 12.4. The van der Waals surface area contributed by atoms with Crippen molar-refractivity contribution in [3.05, 3.63) is 35.0 Å². The van der Waals surface area contributed by atoms with Gasteiger partial charge < -0.3 is 25.0 Å². The Hall–Kier alpha value is -2.38. The van der Waals surface area contributed by atoms with E-state index in [1.807, 2.05) is 26.0 Å². The molecule has 3 rings (SSSR count). The number of nitrogens with zero attached hydrogens (tertiary/aromatic N) is 1. The number of benzene rings is 1. The maximum Gasteiger partial charge on any atom is 0.253 e. The summed E-state index contributed by atoms with van der Waals surface area (Å²) in [6, 6.07) is 5.23. The zero-order valence-corrected chi connectivity index (χ0v) is 15.3. The summed E-state index contributed by atoms with van der Waals surface area (Å²) in [5, 5.41) is 14.3. The number of carbonyl (C=O) groups excluding carboxylic acids is 2. The van der Waals surface area contributed by atoms with E-state index in [-0.39, 0.29) is 31.0 Å². The fourth-order valence-corrected chi connectivity index (χ4v) is 3.46. The van der Waals surface area contributed by atoms with Gasteiger partial charge in [-0.05, 0) is 31.9 Å². The highest BCUT2D eigenvalue weighted by Crippen LogP contribution is 2.24. The number of carbonyl (C=O) groups is 2.